The predicted molar refractivity (Wildman–Crippen MR) is 76.6 cm³/mol. The van der Waals surface area contributed by atoms with E-state index in [4.69, 9.17) is 0 Å². The zero-order valence-corrected chi connectivity index (χ0v) is 11.9. The average Bonchev–Trinajstić information content (AvgIpc) is 2.99. The quantitative estimate of drug-likeness (QED) is 0.878. The highest BCUT2D eigenvalue weighted by molar-refractivity contribution is 5.68. The van der Waals surface area contributed by atoms with Crippen LogP contribution in [0.4, 0.5) is 19.0 Å². The second-order valence-corrected chi connectivity index (χ2v) is 5.15. The molecule has 0 saturated carbocycles. The van der Waals surface area contributed by atoms with Crippen molar-refractivity contribution in [3.63, 3.8) is 0 Å². The lowest BCUT2D eigenvalue weighted by atomic mass is 9.95. The second-order valence-electron chi connectivity index (χ2n) is 5.15. The van der Waals surface area contributed by atoms with Crippen LogP contribution in [0.1, 0.15) is 17.0 Å². The Labute approximate surface area is 130 Å². The molecule has 1 N–H and O–H groups in total. The first kappa shape index (κ1) is 15.4. The summed E-state index contributed by atoms with van der Waals surface area (Å²) in [4.78, 5) is 19.5. The van der Waals surface area contributed by atoms with Gasteiger partial charge >= 0.3 is 6.18 Å². The topological polar surface area (TPSA) is 58.1 Å². The van der Waals surface area contributed by atoms with E-state index in [9.17, 15) is 18.0 Å². The molecule has 0 bridgehead atoms. The number of pyridine rings is 2. The molecular formula is C15H13F3N4O. The van der Waals surface area contributed by atoms with Crippen molar-refractivity contribution in [3.05, 3.63) is 54.0 Å². The van der Waals surface area contributed by atoms with Gasteiger partial charge in [-0.05, 0) is 23.8 Å². The number of hydrogen-bond acceptors (Lipinski definition) is 5. The zero-order valence-electron chi connectivity index (χ0n) is 11.9. The van der Waals surface area contributed by atoms with Gasteiger partial charge in [-0.1, -0.05) is 6.07 Å². The van der Waals surface area contributed by atoms with Crippen molar-refractivity contribution in [2.45, 2.75) is 18.1 Å². The molecule has 0 radical (unpaired) electrons. The van der Waals surface area contributed by atoms with Gasteiger partial charge in [0.1, 0.15) is 18.1 Å². The van der Waals surface area contributed by atoms with Crippen molar-refractivity contribution in [3.8, 4) is 0 Å². The summed E-state index contributed by atoms with van der Waals surface area (Å²) in [5.41, 5.74) is 2.98. The Morgan fingerprint density at radius 3 is 2.78 bits per heavy atom. The Morgan fingerprint density at radius 1 is 1.30 bits per heavy atom. The Hall–Kier alpha value is -2.48. The summed E-state index contributed by atoms with van der Waals surface area (Å²) in [6, 6.07) is 4.75. The van der Waals surface area contributed by atoms with Gasteiger partial charge in [-0.25, -0.2) is 10.4 Å². The molecular weight excluding hydrogens is 309 g/mol. The molecule has 0 aromatic carbocycles. The summed E-state index contributed by atoms with van der Waals surface area (Å²) >= 11 is 0. The summed E-state index contributed by atoms with van der Waals surface area (Å²) in [6.07, 6.45) is 0.593. The van der Waals surface area contributed by atoms with Crippen LogP contribution in [-0.2, 0) is 11.0 Å². The standard InChI is InChI=1S/C15H13F3N4O/c16-15(17,18)11-3-5-20-14(6-11)22-13(9-23)12(8-21-22)10-2-1-4-19-7-10/h1-7,9,12-13,21H,8H2. The molecule has 0 spiro atoms. The monoisotopic (exact) mass is 322 g/mol. The van der Waals surface area contributed by atoms with Crippen LogP contribution in [0, 0.1) is 0 Å². The molecule has 0 aliphatic carbocycles. The van der Waals surface area contributed by atoms with Gasteiger partial charge in [0.05, 0.1) is 5.56 Å². The number of nitrogens with one attached hydrogen (secondary N) is 1. The van der Waals surface area contributed by atoms with Gasteiger partial charge in [-0.3, -0.25) is 9.99 Å². The summed E-state index contributed by atoms with van der Waals surface area (Å²) in [6.45, 7) is 0.410. The van der Waals surface area contributed by atoms with Gasteiger partial charge in [0.25, 0.3) is 0 Å². The van der Waals surface area contributed by atoms with Gasteiger partial charge in [-0.2, -0.15) is 13.2 Å². The Kier molecular flexibility index (Phi) is 3.99. The fourth-order valence-electron chi connectivity index (χ4n) is 2.63. The molecule has 2 aromatic rings. The van der Waals surface area contributed by atoms with E-state index in [0.717, 1.165) is 23.9 Å². The van der Waals surface area contributed by atoms with Crippen molar-refractivity contribution >= 4 is 12.1 Å². The third-order valence-corrected chi connectivity index (χ3v) is 3.76. The number of halogens is 3. The first-order chi connectivity index (χ1) is 11.0. The molecule has 1 saturated heterocycles. The summed E-state index contributed by atoms with van der Waals surface area (Å²) < 4.78 is 38.5. The Bertz CT molecular complexity index is 693. The van der Waals surface area contributed by atoms with E-state index in [0.29, 0.717) is 12.8 Å². The number of anilines is 1. The lowest BCUT2D eigenvalue weighted by Gasteiger charge is -2.24. The van der Waals surface area contributed by atoms with Crippen LogP contribution in [-0.4, -0.2) is 28.8 Å². The number of rotatable bonds is 3. The molecule has 23 heavy (non-hydrogen) atoms. The molecule has 2 aromatic heterocycles. The van der Waals surface area contributed by atoms with Crippen molar-refractivity contribution in [2.75, 3.05) is 11.6 Å². The second kappa shape index (κ2) is 5.96. The molecule has 3 rings (SSSR count). The van der Waals surface area contributed by atoms with Gasteiger partial charge in [-0.15, -0.1) is 0 Å². The SMILES string of the molecule is O=CC1C(c2cccnc2)CNN1c1cc(C(F)(F)F)ccn1. The van der Waals surface area contributed by atoms with Gasteiger partial charge in [0.15, 0.2) is 0 Å². The predicted octanol–water partition coefficient (Wildman–Crippen LogP) is 2.17. The molecule has 0 amide bonds. The Morgan fingerprint density at radius 2 is 2.13 bits per heavy atom. The third kappa shape index (κ3) is 3.02. The van der Waals surface area contributed by atoms with E-state index >= 15 is 0 Å². The number of alkyl halides is 3. The van der Waals surface area contributed by atoms with Crippen LogP contribution in [0.25, 0.3) is 0 Å². The number of carbonyl (C=O) groups excluding carboxylic acids is 1. The minimum atomic E-state index is -4.46. The number of nitrogens with zero attached hydrogens (tertiary/aromatic N) is 3. The number of carbonyl (C=O) groups is 1. The Balaban J connectivity index is 1.91. The van der Waals surface area contributed by atoms with Crippen molar-refractivity contribution < 1.29 is 18.0 Å². The minimum absolute atomic E-state index is 0.0586. The molecule has 3 heterocycles. The van der Waals surface area contributed by atoms with E-state index in [1.165, 1.54) is 5.01 Å². The maximum atomic E-state index is 12.8. The first-order valence-electron chi connectivity index (χ1n) is 6.92. The van der Waals surface area contributed by atoms with E-state index in [1.807, 2.05) is 6.07 Å². The van der Waals surface area contributed by atoms with Crippen molar-refractivity contribution in [1.82, 2.24) is 15.4 Å². The van der Waals surface area contributed by atoms with E-state index in [-0.39, 0.29) is 11.7 Å². The minimum Gasteiger partial charge on any atom is -0.301 e. The first-order valence-corrected chi connectivity index (χ1v) is 6.92. The summed E-state index contributed by atoms with van der Waals surface area (Å²) in [7, 11) is 0. The maximum absolute atomic E-state index is 12.8. The van der Waals surface area contributed by atoms with Crippen LogP contribution in [0.5, 0.6) is 0 Å². The van der Waals surface area contributed by atoms with Gasteiger partial charge in [0.2, 0.25) is 0 Å². The van der Waals surface area contributed by atoms with Crippen molar-refractivity contribution in [1.29, 1.82) is 0 Å². The molecule has 2 atom stereocenters. The van der Waals surface area contributed by atoms with Crippen LogP contribution in [0.15, 0.2) is 42.9 Å². The smallest absolute Gasteiger partial charge is 0.301 e. The normalized spacial score (nSPS) is 21.4. The molecule has 1 aliphatic rings. The van der Waals surface area contributed by atoms with Crippen LogP contribution in [0.3, 0.4) is 0 Å². The van der Waals surface area contributed by atoms with Gasteiger partial charge < -0.3 is 4.79 Å². The number of hydrazine groups is 1. The van der Waals surface area contributed by atoms with Crippen molar-refractivity contribution in [2.24, 2.45) is 0 Å². The molecule has 1 aliphatic heterocycles. The molecule has 120 valence electrons. The molecule has 8 heteroatoms. The third-order valence-electron chi connectivity index (χ3n) is 3.76. The van der Waals surface area contributed by atoms with E-state index in [1.54, 1.807) is 18.5 Å². The summed E-state index contributed by atoms with van der Waals surface area (Å²) in [5.74, 6) is -0.152. The highest BCUT2D eigenvalue weighted by atomic mass is 19.4. The van der Waals surface area contributed by atoms with Crippen LogP contribution < -0.4 is 10.4 Å². The fraction of sp³-hybridized carbons (Fsp3) is 0.267. The number of aldehydes is 1. The maximum Gasteiger partial charge on any atom is 0.416 e. The van der Waals surface area contributed by atoms with Crippen LogP contribution in [0.2, 0.25) is 0 Å². The highest BCUT2D eigenvalue weighted by Gasteiger charge is 2.37. The largest absolute Gasteiger partial charge is 0.416 e. The van der Waals surface area contributed by atoms with Crippen LogP contribution >= 0.6 is 0 Å². The van der Waals surface area contributed by atoms with E-state index in [2.05, 4.69) is 15.4 Å². The lowest BCUT2D eigenvalue weighted by molar-refractivity contribution is -0.137. The highest BCUT2D eigenvalue weighted by Crippen LogP contribution is 2.33. The zero-order chi connectivity index (χ0) is 16.4. The molecule has 5 nitrogen and oxygen atoms in total. The number of hydrogen-bond donors (Lipinski definition) is 1. The molecule has 1 fully saturated rings. The molecule has 2 unspecified atom stereocenters. The summed E-state index contributed by atoms with van der Waals surface area (Å²) in [5, 5.41) is 1.37. The van der Waals surface area contributed by atoms with E-state index < -0.39 is 17.8 Å². The fourth-order valence-corrected chi connectivity index (χ4v) is 2.63. The average molecular weight is 322 g/mol. The van der Waals surface area contributed by atoms with Gasteiger partial charge in [0, 0.05) is 31.1 Å². The number of aromatic nitrogens is 2. The lowest BCUT2D eigenvalue weighted by Crippen LogP contribution is -2.39.